The smallest absolute Gasteiger partial charge is 0.313 e. The molecule has 1 aromatic carbocycles. The van der Waals surface area contributed by atoms with Crippen LogP contribution < -0.4 is 0 Å². The summed E-state index contributed by atoms with van der Waals surface area (Å²) in [6, 6.07) is 8.21. The zero-order chi connectivity index (χ0) is 21.0. The van der Waals surface area contributed by atoms with Crippen molar-refractivity contribution in [2.45, 2.75) is 32.6 Å². The van der Waals surface area contributed by atoms with Gasteiger partial charge in [-0.3, -0.25) is 4.79 Å². The van der Waals surface area contributed by atoms with Crippen LogP contribution in [0.1, 0.15) is 31.9 Å². The number of rotatable bonds is 7. The number of hydrogen-bond donors (Lipinski definition) is 0. The van der Waals surface area contributed by atoms with Crippen LogP contribution in [0.25, 0.3) is 11.3 Å². The molecule has 0 radical (unpaired) electrons. The lowest BCUT2D eigenvalue weighted by Gasteiger charge is -2.41. The third kappa shape index (κ3) is 4.57. The number of halogens is 1. The maximum Gasteiger partial charge on any atom is 0.313 e. The first-order valence-corrected chi connectivity index (χ1v) is 10.8. The molecule has 2 saturated heterocycles. The monoisotopic (exact) mass is 416 g/mol. The molecule has 2 fully saturated rings. The van der Waals surface area contributed by atoms with Crippen LogP contribution in [0.15, 0.2) is 34.9 Å². The predicted molar refractivity (Wildman–Crippen MR) is 109 cm³/mol. The van der Waals surface area contributed by atoms with Crippen LogP contribution in [0.2, 0.25) is 0 Å². The first-order valence-electron chi connectivity index (χ1n) is 10.8. The summed E-state index contributed by atoms with van der Waals surface area (Å²) in [5.74, 6) is 0.551. The highest BCUT2D eigenvalue weighted by Crippen LogP contribution is 2.37. The van der Waals surface area contributed by atoms with Crippen molar-refractivity contribution in [2.24, 2.45) is 11.3 Å². The summed E-state index contributed by atoms with van der Waals surface area (Å²) in [4.78, 5) is 15.4. The van der Waals surface area contributed by atoms with E-state index in [1.54, 1.807) is 24.3 Å². The van der Waals surface area contributed by atoms with Crippen LogP contribution in [0.5, 0.6) is 0 Å². The summed E-state index contributed by atoms with van der Waals surface area (Å²) in [5, 5.41) is 4.05. The van der Waals surface area contributed by atoms with Crippen LogP contribution in [-0.4, -0.2) is 55.5 Å². The van der Waals surface area contributed by atoms with Gasteiger partial charge < -0.3 is 18.9 Å². The highest BCUT2D eigenvalue weighted by atomic mass is 19.1. The van der Waals surface area contributed by atoms with Gasteiger partial charge in [-0.2, -0.15) is 0 Å². The third-order valence-corrected chi connectivity index (χ3v) is 6.13. The van der Waals surface area contributed by atoms with Gasteiger partial charge in [0.05, 0.1) is 18.6 Å². The Kier molecular flexibility index (Phi) is 6.49. The van der Waals surface area contributed by atoms with E-state index in [9.17, 15) is 9.18 Å². The molecule has 0 aliphatic carbocycles. The summed E-state index contributed by atoms with van der Waals surface area (Å²) in [7, 11) is 0. The van der Waals surface area contributed by atoms with Gasteiger partial charge in [-0.25, -0.2) is 4.39 Å². The number of carbonyl (C=O) groups is 1. The molecule has 2 atom stereocenters. The quantitative estimate of drug-likeness (QED) is 0.641. The van der Waals surface area contributed by atoms with E-state index in [0.717, 1.165) is 45.6 Å². The molecule has 0 bridgehead atoms. The summed E-state index contributed by atoms with van der Waals surface area (Å²) < 4.78 is 30.6. The van der Waals surface area contributed by atoms with E-state index in [1.807, 2.05) is 6.92 Å². The fraction of sp³-hybridized carbons (Fsp3) is 0.565. The largest absolute Gasteiger partial charge is 0.466 e. The fourth-order valence-corrected chi connectivity index (χ4v) is 4.67. The second-order valence-electron chi connectivity index (χ2n) is 8.40. The number of carbonyl (C=O) groups excluding carboxylic acids is 1. The average molecular weight is 416 g/mol. The van der Waals surface area contributed by atoms with Gasteiger partial charge in [0.15, 0.2) is 0 Å². The van der Waals surface area contributed by atoms with E-state index >= 15 is 0 Å². The van der Waals surface area contributed by atoms with Gasteiger partial charge in [0, 0.05) is 37.7 Å². The van der Waals surface area contributed by atoms with E-state index in [2.05, 4.69) is 10.1 Å². The molecule has 30 heavy (non-hydrogen) atoms. The van der Waals surface area contributed by atoms with Crippen molar-refractivity contribution in [3.8, 4) is 11.3 Å². The zero-order valence-corrected chi connectivity index (χ0v) is 17.4. The normalized spacial score (nSPS) is 24.8. The number of esters is 1. The highest BCUT2D eigenvalue weighted by Gasteiger charge is 2.45. The molecule has 6 nitrogen and oxygen atoms in total. The second-order valence-corrected chi connectivity index (χ2v) is 8.40. The van der Waals surface area contributed by atoms with Gasteiger partial charge in [-0.1, -0.05) is 17.3 Å². The third-order valence-electron chi connectivity index (χ3n) is 6.13. The van der Waals surface area contributed by atoms with Crippen molar-refractivity contribution in [3.05, 3.63) is 41.9 Å². The number of ether oxygens (including phenoxy) is 2. The maximum atomic E-state index is 14.1. The number of benzene rings is 1. The summed E-state index contributed by atoms with van der Waals surface area (Å²) >= 11 is 0. The Bertz CT molecular complexity index is 864. The summed E-state index contributed by atoms with van der Waals surface area (Å²) in [6.07, 6.45) is 3.11. The molecular weight excluding hydrogens is 387 g/mol. The molecule has 0 N–H and O–H groups in total. The Morgan fingerprint density at radius 2 is 2.27 bits per heavy atom. The van der Waals surface area contributed by atoms with Crippen LogP contribution in [0.4, 0.5) is 4.39 Å². The first kappa shape index (κ1) is 21.0. The van der Waals surface area contributed by atoms with E-state index in [1.165, 1.54) is 6.07 Å². The van der Waals surface area contributed by atoms with Crippen molar-refractivity contribution < 1.29 is 23.2 Å². The molecule has 162 valence electrons. The lowest BCUT2D eigenvalue weighted by molar-refractivity contribution is -0.159. The van der Waals surface area contributed by atoms with Gasteiger partial charge >= 0.3 is 5.97 Å². The summed E-state index contributed by atoms with van der Waals surface area (Å²) in [5.41, 5.74) is 0.154. The fourth-order valence-electron chi connectivity index (χ4n) is 4.67. The molecule has 0 spiro atoms. The Balaban J connectivity index is 1.53. The predicted octanol–water partition coefficient (Wildman–Crippen LogP) is 3.71. The van der Waals surface area contributed by atoms with E-state index in [-0.39, 0.29) is 11.8 Å². The molecule has 0 saturated carbocycles. The van der Waals surface area contributed by atoms with Crippen molar-refractivity contribution in [1.29, 1.82) is 0 Å². The molecule has 2 aliphatic rings. The Hall–Kier alpha value is -2.25. The number of hydrogen-bond acceptors (Lipinski definition) is 6. The van der Waals surface area contributed by atoms with E-state index < -0.39 is 5.41 Å². The minimum absolute atomic E-state index is 0.193. The van der Waals surface area contributed by atoms with Gasteiger partial charge in [0.2, 0.25) is 0 Å². The molecule has 2 aliphatic heterocycles. The van der Waals surface area contributed by atoms with Crippen LogP contribution >= 0.6 is 0 Å². The lowest BCUT2D eigenvalue weighted by atomic mass is 9.76. The topological polar surface area (TPSA) is 64.8 Å². The number of aromatic nitrogens is 1. The van der Waals surface area contributed by atoms with E-state index in [0.29, 0.717) is 42.5 Å². The summed E-state index contributed by atoms with van der Waals surface area (Å²) in [6.45, 7) is 6.29. The molecule has 2 aromatic rings. The molecule has 1 aromatic heterocycles. The molecule has 4 rings (SSSR count). The SMILES string of the molecule is CCOC(=O)[C@]1(Cc2cc(-c3ccccc3F)no2)CCCN(C[C@H]2CCOC2)C1. The lowest BCUT2D eigenvalue weighted by Crippen LogP contribution is -2.50. The first-order chi connectivity index (χ1) is 14.6. The van der Waals surface area contributed by atoms with Crippen LogP contribution in [0, 0.1) is 17.2 Å². The Morgan fingerprint density at radius 3 is 3.03 bits per heavy atom. The van der Waals surface area contributed by atoms with E-state index in [4.69, 9.17) is 14.0 Å². The number of piperidine rings is 1. The minimum Gasteiger partial charge on any atom is -0.466 e. The van der Waals surface area contributed by atoms with Crippen LogP contribution in [0.3, 0.4) is 0 Å². The van der Waals surface area contributed by atoms with Crippen molar-refractivity contribution >= 4 is 5.97 Å². The maximum absolute atomic E-state index is 14.1. The molecule has 7 heteroatoms. The Morgan fingerprint density at radius 1 is 1.40 bits per heavy atom. The van der Waals surface area contributed by atoms with Crippen molar-refractivity contribution in [3.63, 3.8) is 0 Å². The van der Waals surface area contributed by atoms with Crippen molar-refractivity contribution in [2.75, 3.05) is 39.5 Å². The van der Waals surface area contributed by atoms with Gasteiger partial charge in [-0.15, -0.1) is 0 Å². The standard InChI is InChI=1S/C23H29FN2O4/c1-2-29-22(27)23(9-5-10-26(16-23)14-17-8-11-28-15-17)13-18-12-21(25-30-18)19-6-3-4-7-20(19)24/h3-4,6-7,12,17H,2,5,8-11,13-16H2,1H3/t17-,23+/m1/s1. The average Bonchev–Trinajstić information content (AvgIpc) is 3.41. The van der Waals surface area contributed by atoms with Gasteiger partial charge in [0.25, 0.3) is 0 Å². The van der Waals surface area contributed by atoms with Gasteiger partial charge in [-0.05, 0) is 50.8 Å². The van der Waals surface area contributed by atoms with Gasteiger partial charge in [0.1, 0.15) is 17.3 Å². The number of nitrogens with zero attached hydrogens (tertiary/aromatic N) is 2. The molecule has 0 amide bonds. The molecule has 0 unspecified atom stereocenters. The second kappa shape index (κ2) is 9.27. The highest BCUT2D eigenvalue weighted by molar-refractivity contribution is 5.77. The zero-order valence-electron chi connectivity index (χ0n) is 17.4. The number of likely N-dealkylation sites (tertiary alicyclic amines) is 1. The minimum atomic E-state index is -0.681. The van der Waals surface area contributed by atoms with Crippen LogP contribution in [-0.2, 0) is 20.7 Å². The molecule has 3 heterocycles. The van der Waals surface area contributed by atoms with Crippen molar-refractivity contribution in [1.82, 2.24) is 10.1 Å². The molecular formula is C23H29FN2O4. The Labute approximate surface area is 176 Å².